The van der Waals surface area contributed by atoms with Crippen molar-refractivity contribution < 1.29 is 4.79 Å². The summed E-state index contributed by atoms with van der Waals surface area (Å²) in [5.41, 5.74) is 8.03. The van der Waals surface area contributed by atoms with Gasteiger partial charge in [-0.1, -0.05) is 26.0 Å². The second-order valence-corrected chi connectivity index (χ2v) is 5.17. The molecule has 0 bridgehead atoms. The van der Waals surface area contributed by atoms with Crippen LogP contribution in [0.3, 0.4) is 0 Å². The number of carbonyl (C=O) groups is 1. The lowest BCUT2D eigenvalue weighted by atomic mass is 10.0. The molecule has 1 heterocycles. The van der Waals surface area contributed by atoms with Gasteiger partial charge in [0.05, 0.1) is 17.4 Å². The lowest BCUT2D eigenvalue weighted by molar-refractivity contribution is -0.120. The van der Waals surface area contributed by atoms with Crippen LogP contribution < -0.4 is 15.5 Å². The first-order valence-corrected chi connectivity index (χ1v) is 6.39. The number of amides is 1. The zero-order valence-electron chi connectivity index (χ0n) is 11.3. The van der Waals surface area contributed by atoms with Gasteiger partial charge in [0.2, 0.25) is 5.91 Å². The highest BCUT2D eigenvalue weighted by molar-refractivity contribution is 6.00. The molecule has 2 N–H and O–H groups in total. The molecule has 0 spiro atoms. The Hall–Kier alpha value is -1.55. The first-order valence-electron chi connectivity index (χ1n) is 6.39. The van der Waals surface area contributed by atoms with Gasteiger partial charge >= 0.3 is 0 Å². The summed E-state index contributed by atoms with van der Waals surface area (Å²) in [4.78, 5) is 16.4. The second-order valence-electron chi connectivity index (χ2n) is 5.17. The van der Waals surface area contributed by atoms with Crippen LogP contribution in [0.1, 0.15) is 13.8 Å². The molecule has 0 saturated heterocycles. The first-order chi connectivity index (χ1) is 8.52. The molecule has 1 amide bonds. The number of fused-ring (bicyclic) bond motifs is 1. The molecule has 1 aromatic carbocycles. The third-order valence-electron chi connectivity index (χ3n) is 3.51. The minimum Gasteiger partial charge on any atom is -0.371 e. The summed E-state index contributed by atoms with van der Waals surface area (Å²) in [6, 6.07) is 7.54. The monoisotopic (exact) mass is 247 g/mol. The summed E-state index contributed by atoms with van der Waals surface area (Å²) in [6.45, 7) is 5.50. The van der Waals surface area contributed by atoms with E-state index in [9.17, 15) is 4.79 Å². The maximum Gasteiger partial charge on any atom is 0.244 e. The second kappa shape index (κ2) is 4.98. The van der Waals surface area contributed by atoms with Gasteiger partial charge in [0.15, 0.2) is 0 Å². The zero-order chi connectivity index (χ0) is 13.3. The van der Waals surface area contributed by atoms with Crippen molar-refractivity contribution >= 4 is 17.3 Å². The fourth-order valence-corrected chi connectivity index (χ4v) is 2.20. The average molecular weight is 247 g/mol. The Bertz CT molecular complexity index is 444. The fourth-order valence-electron chi connectivity index (χ4n) is 2.20. The highest BCUT2D eigenvalue weighted by atomic mass is 16.2. The zero-order valence-corrected chi connectivity index (χ0v) is 11.3. The van der Waals surface area contributed by atoms with Gasteiger partial charge in [-0.05, 0) is 18.1 Å². The van der Waals surface area contributed by atoms with E-state index < -0.39 is 6.04 Å². The van der Waals surface area contributed by atoms with Crippen LogP contribution in [-0.4, -0.2) is 32.1 Å². The number of likely N-dealkylation sites (N-methyl/N-ethyl adjacent to an activating group) is 1. The number of anilines is 2. The Morgan fingerprint density at radius 2 is 1.83 bits per heavy atom. The number of nitrogens with zero attached hydrogens (tertiary/aromatic N) is 2. The van der Waals surface area contributed by atoms with Crippen LogP contribution >= 0.6 is 0 Å². The van der Waals surface area contributed by atoms with Crippen molar-refractivity contribution in [1.29, 1.82) is 0 Å². The minimum absolute atomic E-state index is 0.0190. The van der Waals surface area contributed by atoms with Gasteiger partial charge in [-0.25, -0.2) is 0 Å². The summed E-state index contributed by atoms with van der Waals surface area (Å²) in [5.74, 6) is 0.176. The molecule has 1 aliphatic heterocycles. The summed E-state index contributed by atoms with van der Waals surface area (Å²) in [5, 5.41) is 0. The maximum atomic E-state index is 12.4. The van der Waals surface area contributed by atoms with Crippen LogP contribution in [0.15, 0.2) is 24.3 Å². The highest BCUT2D eigenvalue weighted by Gasteiger charge is 2.29. The highest BCUT2D eigenvalue weighted by Crippen LogP contribution is 2.32. The van der Waals surface area contributed by atoms with Crippen molar-refractivity contribution in [3.8, 4) is 0 Å². The van der Waals surface area contributed by atoms with Gasteiger partial charge in [0.25, 0.3) is 0 Å². The first kappa shape index (κ1) is 12.9. The molecule has 0 aromatic heterocycles. The van der Waals surface area contributed by atoms with Crippen molar-refractivity contribution in [2.75, 3.05) is 29.9 Å². The normalized spacial score (nSPS) is 16.7. The molecule has 0 radical (unpaired) electrons. The van der Waals surface area contributed by atoms with E-state index in [4.69, 9.17) is 5.73 Å². The third kappa shape index (κ3) is 2.20. The van der Waals surface area contributed by atoms with E-state index in [1.54, 1.807) is 0 Å². The van der Waals surface area contributed by atoms with E-state index in [2.05, 4.69) is 4.90 Å². The molecule has 0 aliphatic carbocycles. The van der Waals surface area contributed by atoms with Gasteiger partial charge < -0.3 is 15.5 Å². The molecule has 98 valence electrons. The number of benzene rings is 1. The standard InChI is InChI=1S/C14H21N3O/c1-10(2)13(15)14(18)17-9-8-16(3)11-6-4-5-7-12(11)17/h4-7,10,13H,8-9,15H2,1-3H3/t13-/m1/s1. The Morgan fingerprint density at radius 3 is 2.44 bits per heavy atom. The Balaban J connectivity index is 2.32. The largest absolute Gasteiger partial charge is 0.371 e. The number of para-hydroxylation sites is 2. The van der Waals surface area contributed by atoms with Crippen LogP contribution in [0, 0.1) is 5.92 Å². The predicted octanol–water partition coefficient (Wildman–Crippen LogP) is 1.45. The lowest BCUT2D eigenvalue weighted by Crippen LogP contribution is -2.51. The number of nitrogens with two attached hydrogens (primary N) is 1. The maximum absolute atomic E-state index is 12.4. The SMILES string of the molecule is CC(C)[C@@H](N)C(=O)N1CCN(C)c2ccccc21. The average Bonchev–Trinajstić information content (AvgIpc) is 2.38. The van der Waals surface area contributed by atoms with E-state index in [1.807, 2.05) is 50.1 Å². The minimum atomic E-state index is -0.429. The smallest absolute Gasteiger partial charge is 0.244 e. The number of hydrogen-bond donors (Lipinski definition) is 1. The molecule has 4 nitrogen and oxygen atoms in total. The number of carbonyl (C=O) groups excluding carboxylic acids is 1. The molecule has 0 saturated carbocycles. The van der Waals surface area contributed by atoms with Gasteiger partial charge in [0.1, 0.15) is 0 Å². The van der Waals surface area contributed by atoms with E-state index in [0.717, 1.165) is 17.9 Å². The van der Waals surface area contributed by atoms with Crippen LogP contribution in [-0.2, 0) is 4.79 Å². The van der Waals surface area contributed by atoms with Crippen molar-refractivity contribution in [1.82, 2.24) is 0 Å². The van der Waals surface area contributed by atoms with Crippen LogP contribution in [0.2, 0.25) is 0 Å². The summed E-state index contributed by atoms with van der Waals surface area (Å²) in [7, 11) is 2.04. The molecule has 4 heteroatoms. The van der Waals surface area contributed by atoms with Crippen molar-refractivity contribution in [2.24, 2.45) is 11.7 Å². The number of hydrogen-bond acceptors (Lipinski definition) is 3. The summed E-state index contributed by atoms with van der Waals surface area (Å²) < 4.78 is 0. The molecule has 0 fully saturated rings. The van der Waals surface area contributed by atoms with E-state index in [0.29, 0.717) is 6.54 Å². The fraction of sp³-hybridized carbons (Fsp3) is 0.500. The van der Waals surface area contributed by atoms with Crippen molar-refractivity contribution in [2.45, 2.75) is 19.9 Å². The Morgan fingerprint density at radius 1 is 1.22 bits per heavy atom. The quantitative estimate of drug-likeness (QED) is 0.860. The molecule has 1 aromatic rings. The van der Waals surface area contributed by atoms with Crippen LogP contribution in [0.5, 0.6) is 0 Å². The van der Waals surface area contributed by atoms with Gasteiger partial charge in [0, 0.05) is 20.1 Å². The van der Waals surface area contributed by atoms with Gasteiger partial charge in [-0.15, -0.1) is 0 Å². The molecule has 0 unspecified atom stereocenters. The predicted molar refractivity (Wildman–Crippen MR) is 74.9 cm³/mol. The lowest BCUT2D eigenvalue weighted by Gasteiger charge is -2.37. The molecule has 1 aliphatic rings. The van der Waals surface area contributed by atoms with Gasteiger partial charge in [-0.3, -0.25) is 4.79 Å². The van der Waals surface area contributed by atoms with E-state index >= 15 is 0 Å². The summed E-state index contributed by atoms with van der Waals surface area (Å²) in [6.07, 6.45) is 0. The molecular formula is C14H21N3O. The third-order valence-corrected chi connectivity index (χ3v) is 3.51. The molecular weight excluding hydrogens is 226 g/mol. The van der Waals surface area contributed by atoms with E-state index in [-0.39, 0.29) is 11.8 Å². The Labute approximate surface area is 108 Å². The Kier molecular flexibility index (Phi) is 3.57. The number of rotatable bonds is 2. The van der Waals surface area contributed by atoms with Gasteiger partial charge in [-0.2, -0.15) is 0 Å². The van der Waals surface area contributed by atoms with Crippen LogP contribution in [0.4, 0.5) is 11.4 Å². The van der Waals surface area contributed by atoms with Crippen molar-refractivity contribution in [3.63, 3.8) is 0 Å². The summed E-state index contributed by atoms with van der Waals surface area (Å²) >= 11 is 0. The van der Waals surface area contributed by atoms with Crippen LogP contribution in [0.25, 0.3) is 0 Å². The molecule has 2 rings (SSSR count). The molecule has 18 heavy (non-hydrogen) atoms. The van der Waals surface area contributed by atoms with E-state index in [1.165, 1.54) is 0 Å². The molecule has 1 atom stereocenters. The van der Waals surface area contributed by atoms with Crippen molar-refractivity contribution in [3.05, 3.63) is 24.3 Å². The topological polar surface area (TPSA) is 49.6 Å².